The fourth-order valence-corrected chi connectivity index (χ4v) is 3.16. The van der Waals surface area contributed by atoms with Gasteiger partial charge < -0.3 is 15.5 Å². The van der Waals surface area contributed by atoms with Crippen LogP contribution in [-0.4, -0.2) is 47.0 Å². The topological polar surface area (TPSA) is 66.0 Å². The molecule has 0 fully saturated rings. The van der Waals surface area contributed by atoms with E-state index in [1.54, 1.807) is 12.4 Å². The molecular weight excluding hydrogens is 384 g/mol. The first-order chi connectivity index (χ1) is 13.9. The average Bonchev–Trinajstić information content (AvgIpc) is 2.72. The molecule has 3 aromatic rings. The van der Waals surface area contributed by atoms with Crippen LogP contribution in [0.5, 0.6) is 0 Å². The molecule has 0 aliphatic carbocycles. The van der Waals surface area contributed by atoms with Gasteiger partial charge in [-0.15, -0.1) is 0 Å². The van der Waals surface area contributed by atoms with Gasteiger partial charge in [-0.1, -0.05) is 17.7 Å². The molecule has 0 radical (unpaired) electrons. The van der Waals surface area contributed by atoms with Gasteiger partial charge in [-0.05, 0) is 70.2 Å². The van der Waals surface area contributed by atoms with E-state index in [4.69, 9.17) is 16.6 Å². The summed E-state index contributed by atoms with van der Waals surface area (Å²) in [6, 6.07) is 9.75. The number of pyridine rings is 1. The molecule has 7 heteroatoms. The number of anilines is 3. The van der Waals surface area contributed by atoms with Crippen molar-refractivity contribution < 1.29 is 0 Å². The quantitative estimate of drug-likeness (QED) is 0.514. The monoisotopic (exact) mass is 410 g/mol. The van der Waals surface area contributed by atoms with E-state index in [1.165, 1.54) is 0 Å². The molecule has 0 spiro atoms. The van der Waals surface area contributed by atoms with Gasteiger partial charge in [0.2, 0.25) is 5.95 Å². The van der Waals surface area contributed by atoms with Gasteiger partial charge in [0.25, 0.3) is 0 Å². The van der Waals surface area contributed by atoms with E-state index >= 15 is 0 Å². The van der Waals surface area contributed by atoms with Crippen molar-refractivity contribution in [2.45, 2.75) is 20.3 Å². The largest absolute Gasteiger partial charge is 0.354 e. The third kappa shape index (κ3) is 5.65. The van der Waals surface area contributed by atoms with Crippen LogP contribution in [0.4, 0.5) is 17.5 Å². The molecule has 2 aromatic heterocycles. The average molecular weight is 411 g/mol. The number of halogens is 1. The van der Waals surface area contributed by atoms with Crippen LogP contribution in [0.1, 0.15) is 17.5 Å². The molecule has 0 saturated heterocycles. The molecule has 0 aliphatic rings. The third-order valence-corrected chi connectivity index (χ3v) is 5.04. The van der Waals surface area contributed by atoms with Crippen molar-refractivity contribution in [3.8, 4) is 11.3 Å². The van der Waals surface area contributed by atoms with Gasteiger partial charge in [0.1, 0.15) is 5.82 Å². The van der Waals surface area contributed by atoms with Gasteiger partial charge >= 0.3 is 0 Å². The van der Waals surface area contributed by atoms with Gasteiger partial charge in [-0.2, -0.15) is 4.98 Å². The van der Waals surface area contributed by atoms with Gasteiger partial charge in [0, 0.05) is 41.3 Å². The zero-order valence-corrected chi connectivity index (χ0v) is 18.1. The van der Waals surface area contributed by atoms with Crippen molar-refractivity contribution >= 4 is 29.1 Å². The minimum Gasteiger partial charge on any atom is -0.354 e. The van der Waals surface area contributed by atoms with Crippen molar-refractivity contribution in [1.82, 2.24) is 19.9 Å². The van der Waals surface area contributed by atoms with Crippen LogP contribution in [0.3, 0.4) is 0 Å². The highest BCUT2D eigenvalue weighted by Crippen LogP contribution is 2.30. The van der Waals surface area contributed by atoms with E-state index < -0.39 is 0 Å². The number of rotatable bonds is 8. The highest BCUT2D eigenvalue weighted by Gasteiger charge is 2.11. The second-order valence-electron chi connectivity index (χ2n) is 7.27. The number of nitrogens with zero attached hydrogens (tertiary/aromatic N) is 4. The maximum absolute atomic E-state index is 6.32. The fourth-order valence-electron chi connectivity index (χ4n) is 3.00. The summed E-state index contributed by atoms with van der Waals surface area (Å²) in [4.78, 5) is 15.6. The standard InChI is InChI=1S/C22H27ClN6/c1-15-6-7-18(23)16(2)21(15)27-20-14-19(17-8-11-24-12-9-17)26-22(28-20)25-10-5-13-29(3)4/h6-9,11-12,14H,5,10,13H2,1-4H3,(H2,25,26,27,28). The molecule has 0 aliphatic heterocycles. The minimum atomic E-state index is 0.595. The number of aromatic nitrogens is 3. The van der Waals surface area contributed by atoms with Crippen LogP contribution in [0.2, 0.25) is 5.02 Å². The molecule has 0 atom stereocenters. The first-order valence-corrected chi connectivity index (χ1v) is 10.0. The molecule has 3 rings (SSSR count). The van der Waals surface area contributed by atoms with Gasteiger partial charge in [-0.25, -0.2) is 4.98 Å². The molecule has 152 valence electrons. The van der Waals surface area contributed by atoms with E-state index in [0.29, 0.717) is 5.95 Å². The molecule has 0 unspecified atom stereocenters. The van der Waals surface area contributed by atoms with Crippen LogP contribution in [0.15, 0.2) is 42.7 Å². The molecule has 0 saturated carbocycles. The Kier molecular flexibility index (Phi) is 7.01. The van der Waals surface area contributed by atoms with E-state index in [1.807, 2.05) is 37.3 Å². The SMILES string of the molecule is Cc1ccc(Cl)c(C)c1Nc1cc(-c2ccncc2)nc(NCCCN(C)C)n1. The molecule has 2 heterocycles. The van der Waals surface area contributed by atoms with Gasteiger partial charge in [0.05, 0.1) is 5.69 Å². The number of hydrogen-bond acceptors (Lipinski definition) is 6. The lowest BCUT2D eigenvalue weighted by Gasteiger charge is -2.16. The summed E-state index contributed by atoms with van der Waals surface area (Å²) >= 11 is 6.32. The summed E-state index contributed by atoms with van der Waals surface area (Å²) in [6.07, 6.45) is 4.53. The van der Waals surface area contributed by atoms with Gasteiger partial charge in [-0.3, -0.25) is 4.98 Å². The third-order valence-electron chi connectivity index (χ3n) is 4.63. The lowest BCUT2D eigenvalue weighted by atomic mass is 10.1. The van der Waals surface area contributed by atoms with E-state index in [-0.39, 0.29) is 0 Å². The zero-order chi connectivity index (χ0) is 20.8. The maximum Gasteiger partial charge on any atom is 0.225 e. The van der Waals surface area contributed by atoms with Crippen molar-refractivity contribution in [1.29, 1.82) is 0 Å². The fraction of sp³-hybridized carbons (Fsp3) is 0.318. The number of nitrogens with one attached hydrogen (secondary N) is 2. The predicted octanol–water partition coefficient (Wildman–Crippen LogP) is 4.92. The van der Waals surface area contributed by atoms with Crippen LogP contribution in [0, 0.1) is 13.8 Å². The lowest BCUT2D eigenvalue weighted by Crippen LogP contribution is -2.17. The van der Waals surface area contributed by atoms with Crippen LogP contribution in [-0.2, 0) is 0 Å². The smallest absolute Gasteiger partial charge is 0.225 e. The normalized spacial score (nSPS) is 11.0. The summed E-state index contributed by atoms with van der Waals surface area (Å²) in [7, 11) is 4.14. The summed E-state index contributed by atoms with van der Waals surface area (Å²) < 4.78 is 0. The highest BCUT2D eigenvalue weighted by molar-refractivity contribution is 6.31. The number of aryl methyl sites for hydroxylation is 1. The maximum atomic E-state index is 6.32. The van der Waals surface area contributed by atoms with E-state index in [9.17, 15) is 0 Å². The Hall–Kier alpha value is -2.70. The van der Waals surface area contributed by atoms with Crippen molar-refractivity contribution in [3.05, 3.63) is 58.9 Å². The minimum absolute atomic E-state index is 0.595. The predicted molar refractivity (Wildman–Crippen MR) is 121 cm³/mol. The van der Waals surface area contributed by atoms with Crippen molar-refractivity contribution in [2.75, 3.05) is 37.8 Å². The number of benzene rings is 1. The van der Waals surface area contributed by atoms with Gasteiger partial charge in [0.15, 0.2) is 0 Å². The highest BCUT2D eigenvalue weighted by atomic mass is 35.5. The first-order valence-electron chi connectivity index (χ1n) is 9.65. The molecule has 0 bridgehead atoms. The Labute approximate surface area is 177 Å². The Morgan fingerprint density at radius 2 is 1.79 bits per heavy atom. The first kappa shape index (κ1) is 21.0. The summed E-state index contributed by atoms with van der Waals surface area (Å²) in [6.45, 7) is 5.86. The van der Waals surface area contributed by atoms with Crippen LogP contribution in [0.25, 0.3) is 11.3 Å². The molecule has 0 amide bonds. The second-order valence-corrected chi connectivity index (χ2v) is 7.68. The van der Waals surface area contributed by atoms with E-state index in [0.717, 1.165) is 58.4 Å². The van der Waals surface area contributed by atoms with Crippen molar-refractivity contribution in [2.24, 2.45) is 0 Å². The summed E-state index contributed by atoms with van der Waals surface area (Å²) in [5.41, 5.74) is 4.89. The van der Waals surface area contributed by atoms with Crippen LogP contribution >= 0.6 is 11.6 Å². The Balaban J connectivity index is 1.91. The summed E-state index contributed by atoms with van der Waals surface area (Å²) in [5, 5.41) is 7.51. The Bertz CT molecular complexity index is 959. The van der Waals surface area contributed by atoms with Crippen LogP contribution < -0.4 is 10.6 Å². The Morgan fingerprint density at radius 1 is 1.03 bits per heavy atom. The van der Waals surface area contributed by atoms with Crippen molar-refractivity contribution in [3.63, 3.8) is 0 Å². The molecule has 1 aromatic carbocycles. The molecule has 29 heavy (non-hydrogen) atoms. The summed E-state index contributed by atoms with van der Waals surface area (Å²) in [5.74, 6) is 1.31. The van der Waals surface area contributed by atoms with E-state index in [2.05, 4.69) is 46.5 Å². The molecular formula is C22H27ClN6. The number of hydrogen-bond donors (Lipinski definition) is 2. The molecule has 2 N–H and O–H groups in total. The zero-order valence-electron chi connectivity index (χ0n) is 17.3. The molecule has 6 nitrogen and oxygen atoms in total. The Morgan fingerprint density at radius 3 is 2.52 bits per heavy atom. The second kappa shape index (κ2) is 9.67. The lowest BCUT2D eigenvalue weighted by molar-refractivity contribution is 0.405.